The minimum atomic E-state index is -4.75. The number of hydrogen-bond acceptors (Lipinski definition) is 3. The van der Waals surface area contributed by atoms with Gasteiger partial charge >= 0.3 is 6.18 Å². The first-order chi connectivity index (χ1) is 12.2. The maximum atomic E-state index is 14.5. The predicted octanol–water partition coefficient (Wildman–Crippen LogP) is 3.81. The Labute approximate surface area is 147 Å². The van der Waals surface area contributed by atoms with Crippen molar-refractivity contribution in [1.82, 2.24) is 10.3 Å². The van der Waals surface area contributed by atoms with Crippen molar-refractivity contribution in [3.8, 4) is 0 Å². The topological polar surface area (TPSA) is 56.9 Å². The highest BCUT2D eigenvalue weighted by atomic mass is 19.4. The first kappa shape index (κ1) is 18.4. The molecule has 4 nitrogen and oxygen atoms in total. The summed E-state index contributed by atoms with van der Waals surface area (Å²) in [5.41, 5.74) is -3.76. The van der Waals surface area contributed by atoms with Crippen LogP contribution >= 0.6 is 0 Å². The molecular weight excluding hydrogens is 350 g/mol. The fraction of sp³-hybridized carbons (Fsp3) is 0.389. The van der Waals surface area contributed by atoms with Crippen LogP contribution in [-0.4, -0.2) is 23.7 Å². The van der Waals surface area contributed by atoms with Gasteiger partial charge in [-0.15, -0.1) is 0 Å². The lowest BCUT2D eigenvalue weighted by atomic mass is 9.70. The molecule has 0 radical (unpaired) electrons. The van der Waals surface area contributed by atoms with Crippen LogP contribution in [0.3, 0.4) is 0 Å². The molecule has 1 aliphatic heterocycles. The third-order valence-corrected chi connectivity index (χ3v) is 4.93. The molecule has 3 N–H and O–H groups in total. The third-order valence-electron chi connectivity index (χ3n) is 4.93. The van der Waals surface area contributed by atoms with Crippen molar-refractivity contribution in [3.05, 3.63) is 57.8 Å². The van der Waals surface area contributed by atoms with Crippen LogP contribution < -0.4 is 16.2 Å². The van der Waals surface area contributed by atoms with Crippen LogP contribution in [0.15, 0.2) is 35.3 Å². The molecule has 2 heterocycles. The minimum absolute atomic E-state index is 0.0684. The zero-order chi connectivity index (χ0) is 19.1. The number of benzene rings is 1. The van der Waals surface area contributed by atoms with E-state index in [1.165, 1.54) is 18.3 Å². The molecule has 2 atom stereocenters. The zero-order valence-corrected chi connectivity index (χ0v) is 14.3. The first-order valence-corrected chi connectivity index (χ1v) is 8.30. The Bertz CT molecular complexity index is 877. The summed E-state index contributed by atoms with van der Waals surface area (Å²) >= 11 is 0. The van der Waals surface area contributed by atoms with Crippen LogP contribution in [0.2, 0.25) is 0 Å². The number of anilines is 2. The fourth-order valence-electron chi connectivity index (χ4n) is 3.28. The van der Waals surface area contributed by atoms with Gasteiger partial charge < -0.3 is 15.6 Å². The third kappa shape index (κ3) is 2.78. The van der Waals surface area contributed by atoms with Gasteiger partial charge in [-0.3, -0.25) is 4.79 Å². The Morgan fingerprint density at radius 2 is 1.96 bits per heavy atom. The molecule has 0 amide bonds. The van der Waals surface area contributed by atoms with Gasteiger partial charge in [0.05, 0.1) is 0 Å². The number of halogens is 4. The lowest BCUT2D eigenvalue weighted by molar-refractivity contribution is -0.177. The van der Waals surface area contributed by atoms with Crippen LogP contribution in [0.4, 0.5) is 28.9 Å². The Hall–Kier alpha value is -2.35. The van der Waals surface area contributed by atoms with Crippen molar-refractivity contribution < 1.29 is 17.6 Å². The summed E-state index contributed by atoms with van der Waals surface area (Å²) < 4.78 is 57.3. The monoisotopic (exact) mass is 369 g/mol. The molecule has 1 unspecified atom stereocenters. The highest BCUT2D eigenvalue weighted by Crippen LogP contribution is 2.53. The van der Waals surface area contributed by atoms with Crippen molar-refractivity contribution in [3.63, 3.8) is 0 Å². The lowest BCUT2D eigenvalue weighted by Gasteiger charge is -2.42. The van der Waals surface area contributed by atoms with E-state index in [1.54, 1.807) is 6.92 Å². The second-order valence-electron chi connectivity index (χ2n) is 6.50. The van der Waals surface area contributed by atoms with Crippen molar-refractivity contribution in [2.45, 2.75) is 37.9 Å². The molecular formula is C18H19F4N3O. The van der Waals surface area contributed by atoms with E-state index in [4.69, 9.17) is 0 Å². The van der Waals surface area contributed by atoms with Crippen molar-refractivity contribution in [2.24, 2.45) is 0 Å². The number of aromatic nitrogens is 1. The second-order valence-corrected chi connectivity index (χ2v) is 6.50. The standard InChI is InChI=1S/C18H19F4N3O/c1-3-10(2)24-9-17(18(20,21)22)12-6-7-23-16(26)15(12)25-14-5-4-11(19)8-13(14)17/h4-8,10,24-25H,3,9H2,1-2H3,(H,23,26)/t10-,17?/m1/s1. The maximum absolute atomic E-state index is 14.5. The summed E-state index contributed by atoms with van der Waals surface area (Å²) in [6.45, 7) is 3.13. The summed E-state index contributed by atoms with van der Waals surface area (Å²) in [4.78, 5) is 14.6. The summed E-state index contributed by atoms with van der Waals surface area (Å²) in [5.74, 6) is -0.768. The molecule has 3 rings (SSSR count). The van der Waals surface area contributed by atoms with Gasteiger partial charge in [-0.05, 0) is 43.2 Å². The molecule has 0 aliphatic carbocycles. The summed E-state index contributed by atoms with van der Waals surface area (Å²) in [6.07, 6.45) is -2.94. The van der Waals surface area contributed by atoms with Crippen LogP contribution in [0.5, 0.6) is 0 Å². The number of H-pyrrole nitrogens is 1. The average Bonchev–Trinajstić information content (AvgIpc) is 2.58. The maximum Gasteiger partial charge on any atom is 0.403 e. The van der Waals surface area contributed by atoms with Gasteiger partial charge in [-0.1, -0.05) is 6.92 Å². The van der Waals surface area contributed by atoms with E-state index in [2.05, 4.69) is 15.6 Å². The molecule has 2 aromatic rings. The Kier molecular flexibility index (Phi) is 4.56. The van der Waals surface area contributed by atoms with E-state index in [0.717, 1.165) is 12.1 Å². The average molecular weight is 369 g/mol. The van der Waals surface area contributed by atoms with E-state index in [9.17, 15) is 22.4 Å². The van der Waals surface area contributed by atoms with Gasteiger partial charge in [0.25, 0.3) is 5.56 Å². The summed E-state index contributed by atoms with van der Waals surface area (Å²) in [6, 6.07) is 4.23. The van der Waals surface area contributed by atoms with Crippen LogP contribution in [0.25, 0.3) is 0 Å². The largest absolute Gasteiger partial charge is 0.403 e. The van der Waals surface area contributed by atoms with Gasteiger partial charge in [0, 0.05) is 30.0 Å². The van der Waals surface area contributed by atoms with Crippen LogP contribution in [0, 0.1) is 5.82 Å². The number of rotatable bonds is 4. The van der Waals surface area contributed by atoms with Gasteiger partial charge in [0.1, 0.15) is 16.9 Å². The van der Waals surface area contributed by atoms with Crippen molar-refractivity contribution in [1.29, 1.82) is 0 Å². The lowest BCUT2D eigenvalue weighted by Crippen LogP contribution is -2.54. The summed E-state index contributed by atoms with van der Waals surface area (Å²) in [7, 11) is 0. The van der Waals surface area contributed by atoms with Gasteiger partial charge in [0.15, 0.2) is 0 Å². The minimum Gasteiger partial charge on any atom is -0.351 e. The second kappa shape index (κ2) is 6.42. The Morgan fingerprint density at radius 1 is 1.23 bits per heavy atom. The number of alkyl halides is 3. The molecule has 0 bridgehead atoms. The normalized spacial score (nSPS) is 20.1. The van der Waals surface area contributed by atoms with E-state index in [1.807, 2.05) is 6.92 Å². The van der Waals surface area contributed by atoms with Gasteiger partial charge in [-0.2, -0.15) is 13.2 Å². The van der Waals surface area contributed by atoms with E-state index < -0.39 is 29.5 Å². The van der Waals surface area contributed by atoms with E-state index >= 15 is 0 Å². The molecule has 0 fully saturated rings. The molecule has 1 aliphatic rings. The molecule has 0 spiro atoms. The smallest absolute Gasteiger partial charge is 0.351 e. The molecule has 8 heteroatoms. The number of hydrogen-bond donors (Lipinski definition) is 3. The highest BCUT2D eigenvalue weighted by molar-refractivity contribution is 5.76. The molecule has 1 aromatic heterocycles. The predicted molar refractivity (Wildman–Crippen MR) is 91.3 cm³/mol. The summed E-state index contributed by atoms with van der Waals surface area (Å²) in [5, 5.41) is 5.61. The van der Waals surface area contributed by atoms with Crippen LogP contribution in [-0.2, 0) is 5.41 Å². The van der Waals surface area contributed by atoms with Crippen molar-refractivity contribution >= 4 is 11.4 Å². The first-order valence-electron chi connectivity index (χ1n) is 8.30. The molecule has 0 saturated heterocycles. The molecule has 140 valence electrons. The Balaban J connectivity index is 2.32. The van der Waals surface area contributed by atoms with E-state index in [0.29, 0.717) is 6.42 Å². The quantitative estimate of drug-likeness (QED) is 0.719. The fourth-order valence-corrected chi connectivity index (χ4v) is 3.28. The molecule has 1 aromatic carbocycles. The zero-order valence-electron chi connectivity index (χ0n) is 14.3. The number of pyridine rings is 1. The Morgan fingerprint density at radius 3 is 2.62 bits per heavy atom. The SMILES string of the molecule is CC[C@@H](C)NCC1(C(F)(F)F)c2cc(F)ccc2Nc2c1cc[nH]c2=O. The molecule has 26 heavy (non-hydrogen) atoms. The number of aromatic amines is 1. The van der Waals surface area contributed by atoms with Gasteiger partial charge in [0.2, 0.25) is 0 Å². The van der Waals surface area contributed by atoms with Crippen LogP contribution in [0.1, 0.15) is 31.4 Å². The van der Waals surface area contributed by atoms with Gasteiger partial charge in [-0.25, -0.2) is 4.39 Å². The molecule has 0 saturated carbocycles. The number of nitrogens with one attached hydrogen (secondary N) is 3. The van der Waals surface area contributed by atoms with Crippen molar-refractivity contribution in [2.75, 3.05) is 11.9 Å². The number of fused-ring (bicyclic) bond motifs is 2. The van der Waals surface area contributed by atoms with E-state index in [-0.39, 0.29) is 28.5 Å². The highest BCUT2D eigenvalue weighted by Gasteiger charge is 2.60.